The van der Waals surface area contributed by atoms with Crippen LogP contribution in [0.4, 0.5) is 0 Å². The SMILES string of the molecule is CC[C@H](C)[C@H]1NC(=O)[C@@H](NC(=O)[C@@H](CC(C)C)N(C)C(=O)C(C)C)[C@@H](C)OC(=O)[C@H](Cc2ccc(OC)cc2)N(C)C(=O)[C@@H]2CCCN2C(=O)[C@H](CC(C)C)NC(=O)[C@H](C(C)C)NC(=O)C[C@@H]1O. The summed E-state index contributed by atoms with van der Waals surface area (Å²) in [6.07, 6.45) is -1.82. The fraction of sp³-hybridized carbons (Fsp3) is 0.720. The van der Waals surface area contributed by atoms with Gasteiger partial charge in [0.15, 0.2) is 0 Å². The summed E-state index contributed by atoms with van der Waals surface area (Å²) in [5.74, 6) is -5.98. The van der Waals surface area contributed by atoms with Crippen LogP contribution in [0.15, 0.2) is 24.3 Å². The van der Waals surface area contributed by atoms with Crippen LogP contribution in [0.25, 0.3) is 0 Å². The standard InChI is InChI=1S/C50H81N7O11/c1-15-31(10)42-39(58)26-40(59)52-41(29(6)7)45(61)51-35(23-27(2)3)48(64)57-22-16-17-36(57)49(65)56(13)38(25-33-18-20-34(67-14)21-19-33)50(66)68-32(11)43(46(62)53-42)54-44(60)37(24-28(4)5)55(12)47(63)30(8)9/h18-21,27-32,35-39,41-43,58H,15-17,22-26H2,1-14H3,(H,51,61)(H,52,59)(H,53,62)(H,54,60)/t31-,32+,35-,36-,37+,38-,39-,41-,42+,43-/m0/s1. The Morgan fingerprint density at radius 3 is 2.09 bits per heavy atom. The number of hydrogen-bond acceptors (Lipinski definition) is 11. The maximum Gasteiger partial charge on any atom is 0.329 e. The number of nitrogens with one attached hydrogen (secondary N) is 4. The van der Waals surface area contributed by atoms with Crippen molar-refractivity contribution in [1.82, 2.24) is 36.0 Å². The Morgan fingerprint density at radius 2 is 1.54 bits per heavy atom. The third-order valence-electron chi connectivity index (χ3n) is 13.1. The normalized spacial score (nSPS) is 26.1. The molecule has 382 valence electrons. The van der Waals surface area contributed by atoms with Gasteiger partial charge in [0, 0.05) is 33.0 Å². The fourth-order valence-corrected chi connectivity index (χ4v) is 8.83. The zero-order valence-corrected chi connectivity index (χ0v) is 42.9. The van der Waals surface area contributed by atoms with E-state index in [4.69, 9.17) is 9.47 Å². The van der Waals surface area contributed by atoms with Gasteiger partial charge in [-0.2, -0.15) is 0 Å². The summed E-state index contributed by atoms with van der Waals surface area (Å²) >= 11 is 0. The first-order chi connectivity index (χ1) is 31.8. The van der Waals surface area contributed by atoms with E-state index in [9.17, 15) is 43.5 Å². The highest BCUT2D eigenvalue weighted by Gasteiger charge is 2.44. The molecule has 18 heteroatoms. The Hall–Kier alpha value is -5.26. The van der Waals surface area contributed by atoms with Crippen LogP contribution in [0, 0.1) is 29.6 Å². The van der Waals surface area contributed by atoms with Crippen LogP contribution in [-0.4, -0.2) is 149 Å². The third-order valence-corrected chi connectivity index (χ3v) is 13.1. The van der Waals surface area contributed by atoms with Gasteiger partial charge in [0.1, 0.15) is 48.1 Å². The average molecular weight is 956 g/mol. The Labute approximate surface area is 403 Å². The lowest BCUT2D eigenvalue weighted by Crippen LogP contribution is -2.61. The molecule has 1 aromatic rings. The number of hydrogen-bond donors (Lipinski definition) is 5. The van der Waals surface area contributed by atoms with Crippen molar-refractivity contribution in [3.8, 4) is 5.75 Å². The lowest BCUT2D eigenvalue weighted by atomic mass is 9.91. The van der Waals surface area contributed by atoms with Crippen molar-refractivity contribution in [2.45, 2.75) is 176 Å². The Morgan fingerprint density at radius 1 is 0.912 bits per heavy atom. The minimum absolute atomic E-state index is 0.0494. The number of carbonyl (C=O) groups is 8. The number of amides is 7. The molecule has 5 N–H and O–H groups in total. The Balaban J connectivity index is 2.26. The molecule has 0 spiro atoms. The van der Waals surface area contributed by atoms with Gasteiger partial charge >= 0.3 is 5.97 Å². The highest BCUT2D eigenvalue weighted by molar-refractivity contribution is 5.96. The van der Waals surface area contributed by atoms with Crippen LogP contribution >= 0.6 is 0 Å². The average Bonchev–Trinajstić information content (AvgIpc) is 3.77. The number of cyclic esters (lactones) is 1. The number of carbonyl (C=O) groups excluding carboxylic acids is 8. The maximum absolute atomic E-state index is 14.7. The Kier molecular flexibility index (Phi) is 21.8. The molecule has 1 aromatic carbocycles. The van der Waals surface area contributed by atoms with E-state index in [1.54, 1.807) is 58.9 Å². The molecule has 2 saturated heterocycles. The van der Waals surface area contributed by atoms with Crippen molar-refractivity contribution < 1.29 is 52.9 Å². The monoisotopic (exact) mass is 956 g/mol. The van der Waals surface area contributed by atoms with Crippen LogP contribution in [-0.2, 0) is 49.5 Å². The zero-order chi connectivity index (χ0) is 51.3. The van der Waals surface area contributed by atoms with Gasteiger partial charge in [-0.25, -0.2) is 4.79 Å². The van der Waals surface area contributed by atoms with Gasteiger partial charge in [0.2, 0.25) is 41.4 Å². The van der Waals surface area contributed by atoms with E-state index in [1.165, 1.54) is 42.8 Å². The second-order valence-corrected chi connectivity index (χ2v) is 20.3. The number of aliphatic hydroxyl groups excluding tert-OH is 1. The molecule has 0 saturated carbocycles. The topological polar surface area (TPSA) is 233 Å². The molecular weight excluding hydrogens is 875 g/mol. The number of nitrogens with zero attached hydrogens (tertiary/aromatic N) is 3. The molecule has 10 atom stereocenters. The number of rotatable bonds is 14. The number of esters is 1. The van der Waals surface area contributed by atoms with Gasteiger partial charge in [-0.3, -0.25) is 33.6 Å². The number of ether oxygens (including phenoxy) is 2. The molecule has 2 aliphatic heterocycles. The summed E-state index contributed by atoms with van der Waals surface area (Å²) in [7, 11) is 4.48. The van der Waals surface area contributed by atoms with Crippen molar-refractivity contribution in [3.05, 3.63) is 29.8 Å². The van der Waals surface area contributed by atoms with E-state index in [-0.39, 0.29) is 50.0 Å². The molecule has 0 aromatic heterocycles. The highest BCUT2D eigenvalue weighted by atomic mass is 16.5. The van der Waals surface area contributed by atoms with Crippen LogP contribution < -0.4 is 26.0 Å². The molecule has 2 heterocycles. The smallest absolute Gasteiger partial charge is 0.329 e. The summed E-state index contributed by atoms with van der Waals surface area (Å²) in [4.78, 5) is 118. The van der Waals surface area contributed by atoms with Crippen LogP contribution in [0.2, 0.25) is 0 Å². The molecule has 7 amide bonds. The van der Waals surface area contributed by atoms with Gasteiger partial charge in [-0.05, 0) is 74.0 Å². The first-order valence-corrected chi connectivity index (χ1v) is 24.4. The summed E-state index contributed by atoms with van der Waals surface area (Å²) < 4.78 is 11.5. The number of aliphatic hydroxyl groups is 1. The first-order valence-electron chi connectivity index (χ1n) is 24.4. The van der Waals surface area contributed by atoms with Crippen molar-refractivity contribution in [3.63, 3.8) is 0 Å². The van der Waals surface area contributed by atoms with E-state index >= 15 is 0 Å². The maximum atomic E-state index is 14.7. The number of likely N-dealkylation sites (N-methyl/N-ethyl adjacent to an activating group) is 2. The minimum atomic E-state index is -1.61. The Bertz CT molecular complexity index is 1910. The van der Waals surface area contributed by atoms with E-state index in [0.29, 0.717) is 24.2 Å². The number of methoxy groups -OCH3 is 1. The largest absolute Gasteiger partial charge is 0.497 e. The minimum Gasteiger partial charge on any atom is -0.497 e. The van der Waals surface area contributed by atoms with Crippen molar-refractivity contribution in [2.75, 3.05) is 27.7 Å². The second kappa shape index (κ2) is 25.9. The van der Waals surface area contributed by atoms with Gasteiger partial charge in [-0.1, -0.05) is 87.8 Å². The number of fused-ring (bicyclic) bond motifs is 1. The summed E-state index contributed by atoms with van der Waals surface area (Å²) in [6, 6.07) is -1.30. The van der Waals surface area contributed by atoms with Gasteiger partial charge in [0.25, 0.3) is 0 Å². The van der Waals surface area contributed by atoms with E-state index in [2.05, 4.69) is 21.3 Å². The molecule has 2 aliphatic rings. The zero-order valence-electron chi connectivity index (χ0n) is 42.9. The summed E-state index contributed by atoms with van der Waals surface area (Å²) in [6.45, 7) is 19.7. The van der Waals surface area contributed by atoms with Crippen molar-refractivity contribution >= 4 is 47.3 Å². The first kappa shape index (κ1) is 57.1. The summed E-state index contributed by atoms with van der Waals surface area (Å²) in [5, 5.41) is 22.9. The molecule has 0 aliphatic carbocycles. The van der Waals surface area contributed by atoms with Crippen molar-refractivity contribution in [2.24, 2.45) is 29.6 Å². The highest BCUT2D eigenvalue weighted by Crippen LogP contribution is 2.25. The van der Waals surface area contributed by atoms with Crippen LogP contribution in [0.3, 0.4) is 0 Å². The van der Waals surface area contributed by atoms with E-state index < -0.39 is 120 Å². The molecule has 3 rings (SSSR count). The molecule has 18 nitrogen and oxygen atoms in total. The molecule has 68 heavy (non-hydrogen) atoms. The fourth-order valence-electron chi connectivity index (χ4n) is 8.83. The van der Waals surface area contributed by atoms with Crippen LogP contribution in [0.5, 0.6) is 5.75 Å². The molecular formula is C50H81N7O11. The van der Waals surface area contributed by atoms with Crippen LogP contribution in [0.1, 0.15) is 120 Å². The van der Waals surface area contributed by atoms with Gasteiger partial charge < -0.3 is 50.5 Å². The lowest BCUT2D eigenvalue weighted by molar-refractivity contribution is -0.162. The second-order valence-electron chi connectivity index (χ2n) is 20.3. The predicted octanol–water partition coefficient (Wildman–Crippen LogP) is 2.97. The third kappa shape index (κ3) is 15.4. The lowest BCUT2D eigenvalue weighted by Gasteiger charge is -2.36. The predicted molar refractivity (Wildman–Crippen MR) is 256 cm³/mol. The van der Waals surface area contributed by atoms with E-state index in [1.807, 2.05) is 34.6 Å². The van der Waals surface area contributed by atoms with Crippen molar-refractivity contribution in [1.29, 1.82) is 0 Å². The summed E-state index contributed by atoms with van der Waals surface area (Å²) in [5.41, 5.74) is 0.634. The van der Waals surface area contributed by atoms with E-state index in [0.717, 1.165) is 0 Å². The molecule has 2 fully saturated rings. The molecule has 0 bridgehead atoms. The molecule has 0 unspecified atom stereocenters. The quantitative estimate of drug-likeness (QED) is 0.170. The molecule has 0 radical (unpaired) electrons. The number of benzene rings is 1. The van der Waals surface area contributed by atoms with Gasteiger partial charge in [0.05, 0.1) is 25.7 Å². The van der Waals surface area contributed by atoms with Gasteiger partial charge in [-0.15, -0.1) is 0 Å².